The second-order valence-electron chi connectivity index (χ2n) is 3.05. The van der Waals surface area contributed by atoms with Gasteiger partial charge in [-0.3, -0.25) is 5.43 Å². The van der Waals surface area contributed by atoms with Crippen molar-refractivity contribution in [3.05, 3.63) is 53.4 Å². The van der Waals surface area contributed by atoms with Crippen LogP contribution in [0.15, 0.2) is 41.5 Å². The van der Waals surface area contributed by atoms with Gasteiger partial charge in [0.05, 0.1) is 12.3 Å². The molecule has 1 N–H and O–H groups in total. The summed E-state index contributed by atoms with van der Waals surface area (Å²) in [7, 11) is 0. The van der Waals surface area contributed by atoms with Gasteiger partial charge in [0.2, 0.25) is 0 Å². The third kappa shape index (κ3) is 2.17. The van der Waals surface area contributed by atoms with Gasteiger partial charge in [0.1, 0.15) is 5.50 Å². The van der Waals surface area contributed by atoms with Gasteiger partial charge in [-0.1, -0.05) is 29.8 Å². The molecule has 2 rings (SSSR count). The van der Waals surface area contributed by atoms with Crippen molar-refractivity contribution in [3.63, 3.8) is 0 Å². The molecule has 1 aliphatic rings. The van der Waals surface area contributed by atoms with Crippen molar-refractivity contribution < 1.29 is 0 Å². The first kappa shape index (κ1) is 9.75. The minimum absolute atomic E-state index is 0.252. The fourth-order valence-electron chi connectivity index (χ4n) is 1.28. The van der Waals surface area contributed by atoms with E-state index >= 15 is 0 Å². The molecule has 74 valence electrons. The van der Waals surface area contributed by atoms with Crippen molar-refractivity contribution in [2.24, 2.45) is 5.10 Å². The van der Waals surface area contributed by atoms with E-state index in [-0.39, 0.29) is 5.50 Å². The molecule has 0 fully saturated rings. The van der Waals surface area contributed by atoms with E-state index in [1.807, 2.05) is 24.3 Å². The molecular formula is C11H8ClN3. The summed E-state index contributed by atoms with van der Waals surface area (Å²) in [5.41, 5.74) is 4.82. The number of rotatable bonds is 1. The third-order valence-corrected chi connectivity index (χ3v) is 2.25. The average Bonchev–Trinajstić information content (AvgIpc) is 2.30. The van der Waals surface area contributed by atoms with Gasteiger partial charge in [-0.05, 0) is 23.8 Å². The first-order chi connectivity index (χ1) is 7.29. The molecule has 15 heavy (non-hydrogen) atoms. The summed E-state index contributed by atoms with van der Waals surface area (Å²) in [6.45, 7) is 6.92. The Kier molecular flexibility index (Phi) is 2.70. The quantitative estimate of drug-likeness (QED) is 0.437. The largest absolute Gasteiger partial charge is 0.288 e. The van der Waals surface area contributed by atoms with Gasteiger partial charge in [0, 0.05) is 0 Å². The Balaban J connectivity index is 2.31. The zero-order valence-electron chi connectivity index (χ0n) is 7.81. The molecular weight excluding hydrogens is 210 g/mol. The van der Waals surface area contributed by atoms with Crippen LogP contribution < -0.4 is 5.43 Å². The zero-order chi connectivity index (χ0) is 10.7. The van der Waals surface area contributed by atoms with Crippen LogP contribution in [0.25, 0.3) is 4.85 Å². The molecule has 0 amide bonds. The summed E-state index contributed by atoms with van der Waals surface area (Å²) in [6.07, 6.45) is 3.66. The van der Waals surface area contributed by atoms with Gasteiger partial charge in [0.15, 0.2) is 5.69 Å². The topological polar surface area (TPSA) is 28.8 Å². The van der Waals surface area contributed by atoms with Crippen LogP contribution in [0.2, 0.25) is 0 Å². The summed E-state index contributed by atoms with van der Waals surface area (Å²) in [5, 5.41) is 4.10. The highest BCUT2D eigenvalue weighted by atomic mass is 35.5. The minimum Gasteiger partial charge on any atom is -0.288 e. The predicted octanol–water partition coefficient (Wildman–Crippen LogP) is 2.67. The lowest BCUT2D eigenvalue weighted by atomic mass is 10.1. The van der Waals surface area contributed by atoms with E-state index in [1.54, 1.807) is 12.1 Å². The van der Waals surface area contributed by atoms with Crippen molar-refractivity contribution in [3.8, 4) is 0 Å². The number of hydrogen-bond acceptors (Lipinski definition) is 2. The monoisotopic (exact) mass is 217 g/mol. The van der Waals surface area contributed by atoms with E-state index < -0.39 is 0 Å². The van der Waals surface area contributed by atoms with E-state index in [9.17, 15) is 0 Å². The van der Waals surface area contributed by atoms with Gasteiger partial charge in [0.25, 0.3) is 0 Å². The number of alkyl halides is 1. The maximum atomic E-state index is 6.92. The highest BCUT2D eigenvalue weighted by Gasteiger charge is 2.07. The number of benzene rings is 1. The maximum absolute atomic E-state index is 6.92. The van der Waals surface area contributed by atoms with Crippen LogP contribution in [0.5, 0.6) is 0 Å². The van der Waals surface area contributed by atoms with Gasteiger partial charge >= 0.3 is 0 Å². The molecule has 0 spiro atoms. The first-order valence-corrected chi connectivity index (χ1v) is 4.86. The predicted molar refractivity (Wildman–Crippen MR) is 61.2 cm³/mol. The zero-order valence-corrected chi connectivity index (χ0v) is 8.57. The molecule has 4 heteroatoms. The Labute approximate surface area is 92.9 Å². The highest BCUT2D eigenvalue weighted by molar-refractivity contribution is 6.22. The summed E-state index contributed by atoms with van der Waals surface area (Å²) in [4.78, 5) is 3.37. The Morgan fingerprint density at radius 2 is 2.33 bits per heavy atom. The molecule has 0 aliphatic carbocycles. The summed E-state index contributed by atoms with van der Waals surface area (Å²) < 4.78 is 0. The van der Waals surface area contributed by atoms with Crippen LogP contribution in [-0.4, -0.2) is 11.2 Å². The molecule has 0 saturated heterocycles. The smallest absolute Gasteiger partial charge is 0.187 e. The van der Waals surface area contributed by atoms with Crippen LogP contribution in [0, 0.1) is 6.57 Å². The number of hydrogen-bond donors (Lipinski definition) is 1. The first-order valence-electron chi connectivity index (χ1n) is 4.43. The van der Waals surface area contributed by atoms with Crippen LogP contribution in [-0.2, 0) is 0 Å². The standard InChI is InChI=1S/C11H8ClN3/c1-13-9-4-2-3-8(7-9)10-5-6-11(12)15-14-10/h2-7,11,15H. The van der Waals surface area contributed by atoms with Crippen LogP contribution in [0.4, 0.5) is 5.69 Å². The molecule has 1 unspecified atom stereocenters. The Morgan fingerprint density at radius 1 is 1.47 bits per heavy atom. The van der Waals surface area contributed by atoms with Crippen molar-refractivity contribution >= 4 is 23.0 Å². The Bertz CT molecular complexity index is 471. The molecule has 1 atom stereocenters. The van der Waals surface area contributed by atoms with Crippen molar-refractivity contribution in [2.45, 2.75) is 5.50 Å². The SMILES string of the molecule is [C-]#[N+]c1cccc(C2=NNC(Cl)C=C2)c1. The Morgan fingerprint density at radius 3 is 3.00 bits per heavy atom. The van der Waals surface area contributed by atoms with Gasteiger partial charge < -0.3 is 0 Å². The second-order valence-corrected chi connectivity index (χ2v) is 3.52. The molecule has 0 bridgehead atoms. The fourth-order valence-corrected chi connectivity index (χ4v) is 1.40. The van der Waals surface area contributed by atoms with Crippen LogP contribution >= 0.6 is 11.6 Å². The van der Waals surface area contributed by atoms with E-state index in [4.69, 9.17) is 18.2 Å². The normalized spacial score (nSPS) is 18.9. The van der Waals surface area contributed by atoms with Crippen molar-refractivity contribution in [2.75, 3.05) is 0 Å². The average molecular weight is 218 g/mol. The fraction of sp³-hybridized carbons (Fsp3) is 0.0909. The number of hydrazone groups is 1. The number of allylic oxidation sites excluding steroid dienone is 1. The molecule has 1 aliphatic heterocycles. The van der Waals surface area contributed by atoms with E-state index in [2.05, 4.69) is 15.4 Å². The van der Waals surface area contributed by atoms with Crippen LogP contribution in [0.1, 0.15) is 5.56 Å². The van der Waals surface area contributed by atoms with Gasteiger partial charge in [-0.15, -0.1) is 0 Å². The van der Waals surface area contributed by atoms with Crippen LogP contribution in [0.3, 0.4) is 0 Å². The number of nitrogens with one attached hydrogen (secondary N) is 1. The minimum atomic E-state index is -0.252. The van der Waals surface area contributed by atoms with E-state index in [1.165, 1.54) is 0 Å². The molecule has 1 heterocycles. The lowest BCUT2D eigenvalue weighted by molar-refractivity contribution is 0.766. The van der Waals surface area contributed by atoms with Crippen molar-refractivity contribution in [1.29, 1.82) is 0 Å². The molecule has 1 aromatic rings. The molecule has 0 saturated carbocycles. The van der Waals surface area contributed by atoms with E-state index in [0.29, 0.717) is 5.69 Å². The molecule has 1 aromatic carbocycles. The van der Waals surface area contributed by atoms with Gasteiger partial charge in [-0.2, -0.15) is 5.10 Å². The summed E-state index contributed by atoms with van der Waals surface area (Å²) in [5.74, 6) is 0. The van der Waals surface area contributed by atoms with Crippen molar-refractivity contribution in [1.82, 2.24) is 5.43 Å². The second kappa shape index (κ2) is 4.16. The number of halogens is 1. The van der Waals surface area contributed by atoms with E-state index in [0.717, 1.165) is 11.3 Å². The summed E-state index contributed by atoms with van der Waals surface area (Å²) >= 11 is 5.77. The number of nitrogens with zero attached hydrogens (tertiary/aromatic N) is 2. The maximum Gasteiger partial charge on any atom is 0.187 e. The molecule has 0 aromatic heterocycles. The molecule has 0 radical (unpaired) electrons. The summed E-state index contributed by atoms with van der Waals surface area (Å²) in [6, 6.07) is 7.31. The third-order valence-electron chi connectivity index (χ3n) is 2.00. The highest BCUT2D eigenvalue weighted by Crippen LogP contribution is 2.16. The van der Waals surface area contributed by atoms with Gasteiger partial charge in [-0.25, -0.2) is 4.85 Å². The lowest BCUT2D eigenvalue weighted by Crippen LogP contribution is -2.21. The molecule has 3 nitrogen and oxygen atoms in total. The Hall–Kier alpha value is -1.79. The lowest BCUT2D eigenvalue weighted by Gasteiger charge is -2.11.